The summed E-state index contributed by atoms with van der Waals surface area (Å²) in [6.07, 6.45) is 1.25. The van der Waals surface area contributed by atoms with Crippen molar-refractivity contribution < 1.29 is 27.5 Å². The molecule has 3 aromatic carbocycles. The van der Waals surface area contributed by atoms with Crippen LogP contribution < -0.4 is 19.1 Å². The fraction of sp³-hybridized carbons (Fsp3) is 0.333. The summed E-state index contributed by atoms with van der Waals surface area (Å²) in [5.41, 5.74) is 1.80. The van der Waals surface area contributed by atoms with E-state index in [1.165, 1.54) is 31.3 Å². The number of benzene rings is 3. The number of nitrogens with zero attached hydrogens (tertiary/aromatic N) is 2. The summed E-state index contributed by atoms with van der Waals surface area (Å²) in [5.74, 6) is -0.181. The Bertz CT molecular complexity index is 1430. The zero-order valence-corrected chi connectivity index (χ0v) is 25.4. The smallest absolute Gasteiger partial charge is 0.244 e. The van der Waals surface area contributed by atoms with Gasteiger partial charge in [-0.2, -0.15) is 0 Å². The highest BCUT2D eigenvalue weighted by atomic mass is 35.5. The van der Waals surface area contributed by atoms with E-state index in [0.717, 1.165) is 21.7 Å². The van der Waals surface area contributed by atoms with Crippen molar-refractivity contribution in [1.29, 1.82) is 0 Å². The number of carbonyl (C=O) groups is 2. The molecular formula is C30H36ClN3O6S. The number of halogens is 1. The van der Waals surface area contributed by atoms with Crippen molar-refractivity contribution in [1.82, 2.24) is 10.2 Å². The third-order valence-corrected chi connectivity index (χ3v) is 7.70. The Morgan fingerprint density at radius 1 is 0.902 bits per heavy atom. The van der Waals surface area contributed by atoms with E-state index in [9.17, 15) is 18.0 Å². The van der Waals surface area contributed by atoms with Gasteiger partial charge < -0.3 is 19.7 Å². The van der Waals surface area contributed by atoms with E-state index in [2.05, 4.69) is 5.32 Å². The second-order valence-corrected chi connectivity index (χ2v) is 12.2. The molecule has 3 rings (SSSR count). The van der Waals surface area contributed by atoms with Gasteiger partial charge in [0.1, 0.15) is 12.6 Å². The molecule has 1 N–H and O–H groups in total. The number of methoxy groups -OCH3 is 2. The SMILES string of the molecule is COc1ccc(N(CC(=O)N(Cc2ccc(Cl)cc2)[C@H](Cc2ccccc2)C(=O)NC(C)C)S(C)(=O)=O)cc1OC. The Morgan fingerprint density at radius 2 is 1.54 bits per heavy atom. The summed E-state index contributed by atoms with van der Waals surface area (Å²) in [6.45, 7) is 3.20. The number of anilines is 1. The van der Waals surface area contributed by atoms with Crippen LogP contribution in [0.5, 0.6) is 11.5 Å². The van der Waals surface area contributed by atoms with Gasteiger partial charge in [0.15, 0.2) is 11.5 Å². The summed E-state index contributed by atoms with van der Waals surface area (Å²) in [4.78, 5) is 29.1. The molecule has 0 aliphatic heterocycles. The van der Waals surface area contributed by atoms with Crippen LogP contribution in [0, 0.1) is 0 Å². The van der Waals surface area contributed by atoms with Crippen molar-refractivity contribution in [2.75, 3.05) is 31.3 Å². The topological polar surface area (TPSA) is 105 Å². The van der Waals surface area contributed by atoms with E-state index in [4.69, 9.17) is 21.1 Å². The number of carbonyl (C=O) groups excluding carboxylic acids is 2. The molecular weight excluding hydrogens is 566 g/mol. The highest BCUT2D eigenvalue weighted by Crippen LogP contribution is 2.32. The maximum absolute atomic E-state index is 14.1. The van der Waals surface area contributed by atoms with Gasteiger partial charge in [-0.25, -0.2) is 8.42 Å². The van der Waals surface area contributed by atoms with Gasteiger partial charge in [0.2, 0.25) is 21.8 Å². The van der Waals surface area contributed by atoms with E-state index in [-0.39, 0.29) is 30.6 Å². The number of sulfonamides is 1. The lowest BCUT2D eigenvalue weighted by Gasteiger charge is -2.34. The first kappa shape index (κ1) is 31.8. The predicted octanol–water partition coefficient (Wildman–Crippen LogP) is 4.29. The fourth-order valence-corrected chi connectivity index (χ4v) is 5.28. The minimum Gasteiger partial charge on any atom is -0.493 e. The van der Waals surface area contributed by atoms with Gasteiger partial charge in [0.25, 0.3) is 0 Å². The van der Waals surface area contributed by atoms with Crippen molar-refractivity contribution >= 4 is 39.1 Å². The standard InChI is InChI=1S/C30H36ClN3O6S/c1-21(2)32-30(36)26(17-22-9-7-6-8-10-22)33(19-23-11-13-24(31)14-12-23)29(35)20-34(41(5,37)38)25-15-16-27(39-3)28(18-25)40-4/h6-16,18,21,26H,17,19-20H2,1-5H3,(H,32,36)/t26-/m1/s1. The minimum atomic E-state index is -3.92. The van der Waals surface area contributed by atoms with Crippen molar-refractivity contribution in [3.63, 3.8) is 0 Å². The molecule has 0 spiro atoms. The first-order valence-corrected chi connectivity index (χ1v) is 15.2. The molecule has 11 heteroatoms. The van der Waals surface area contributed by atoms with E-state index in [1.807, 2.05) is 44.2 Å². The molecule has 1 atom stereocenters. The van der Waals surface area contributed by atoms with E-state index >= 15 is 0 Å². The zero-order chi connectivity index (χ0) is 30.2. The maximum atomic E-state index is 14.1. The van der Waals surface area contributed by atoms with Gasteiger partial charge in [-0.15, -0.1) is 0 Å². The molecule has 3 aromatic rings. The average Bonchev–Trinajstić information content (AvgIpc) is 2.93. The van der Waals surface area contributed by atoms with Crippen molar-refractivity contribution in [3.8, 4) is 11.5 Å². The lowest BCUT2D eigenvalue weighted by molar-refractivity contribution is -0.140. The lowest BCUT2D eigenvalue weighted by Crippen LogP contribution is -2.54. The molecule has 0 aliphatic carbocycles. The molecule has 0 fully saturated rings. The molecule has 2 amide bonds. The van der Waals surface area contributed by atoms with Crippen LogP contribution in [0.4, 0.5) is 5.69 Å². The van der Waals surface area contributed by atoms with Crippen LogP contribution in [0.15, 0.2) is 72.8 Å². The first-order chi connectivity index (χ1) is 19.4. The van der Waals surface area contributed by atoms with E-state index in [1.54, 1.807) is 30.3 Å². The second-order valence-electron chi connectivity index (χ2n) is 9.83. The number of nitrogens with one attached hydrogen (secondary N) is 1. The van der Waals surface area contributed by atoms with Crippen LogP contribution >= 0.6 is 11.6 Å². The largest absolute Gasteiger partial charge is 0.493 e. The van der Waals surface area contributed by atoms with Gasteiger partial charge in [-0.05, 0) is 49.2 Å². The van der Waals surface area contributed by atoms with Gasteiger partial charge in [-0.3, -0.25) is 13.9 Å². The van der Waals surface area contributed by atoms with Gasteiger partial charge in [0, 0.05) is 30.1 Å². The quantitative estimate of drug-likeness (QED) is 0.313. The Morgan fingerprint density at radius 3 is 2.10 bits per heavy atom. The molecule has 41 heavy (non-hydrogen) atoms. The Balaban J connectivity index is 2.07. The highest BCUT2D eigenvalue weighted by Gasteiger charge is 2.33. The number of hydrogen-bond donors (Lipinski definition) is 1. The van der Waals surface area contributed by atoms with E-state index in [0.29, 0.717) is 16.5 Å². The van der Waals surface area contributed by atoms with Crippen LogP contribution in [0.2, 0.25) is 5.02 Å². The van der Waals surface area contributed by atoms with Crippen molar-refractivity contribution in [3.05, 3.63) is 88.9 Å². The van der Waals surface area contributed by atoms with Crippen LogP contribution in [0.1, 0.15) is 25.0 Å². The van der Waals surface area contributed by atoms with Gasteiger partial charge in [0.05, 0.1) is 26.2 Å². The third kappa shape index (κ3) is 8.86. The molecule has 0 saturated carbocycles. The molecule has 0 aliphatic rings. The average molecular weight is 602 g/mol. The monoisotopic (exact) mass is 601 g/mol. The summed E-state index contributed by atoms with van der Waals surface area (Å²) < 4.78 is 37.6. The number of rotatable bonds is 13. The van der Waals surface area contributed by atoms with Gasteiger partial charge in [-0.1, -0.05) is 54.1 Å². The zero-order valence-electron chi connectivity index (χ0n) is 23.8. The second kappa shape index (κ2) is 14.2. The molecule has 220 valence electrons. The Labute approximate surface area is 247 Å². The number of amides is 2. The Kier molecular flexibility index (Phi) is 11.0. The number of ether oxygens (including phenoxy) is 2. The Hall–Kier alpha value is -3.76. The molecule has 0 radical (unpaired) electrons. The van der Waals surface area contributed by atoms with E-state index < -0.39 is 28.5 Å². The van der Waals surface area contributed by atoms with Gasteiger partial charge >= 0.3 is 0 Å². The minimum absolute atomic E-state index is 0.0581. The van der Waals surface area contributed by atoms with Crippen molar-refractivity contribution in [2.24, 2.45) is 0 Å². The third-order valence-electron chi connectivity index (χ3n) is 6.30. The summed E-state index contributed by atoms with van der Waals surface area (Å²) in [5, 5.41) is 3.45. The molecule has 0 aromatic heterocycles. The normalized spacial score (nSPS) is 12.0. The lowest BCUT2D eigenvalue weighted by atomic mass is 10.0. The predicted molar refractivity (Wildman–Crippen MR) is 161 cm³/mol. The summed E-state index contributed by atoms with van der Waals surface area (Å²) >= 11 is 6.08. The highest BCUT2D eigenvalue weighted by molar-refractivity contribution is 7.92. The molecule has 0 saturated heterocycles. The van der Waals surface area contributed by atoms with Crippen molar-refractivity contribution in [2.45, 2.75) is 38.9 Å². The first-order valence-electron chi connectivity index (χ1n) is 13.0. The van der Waals surface area contributed by atoms with Crippen LogP contribution in [-0.4, -0.2) is 64.2 Å². The maximum Gasteiger partial charge on any atom is 0.244 e. The molecule has 9 nitrogen and oxygen atoms in total. The molecule has 0 bridgehead atoms. The van der Waals surface area contributed by atoms with Crippen LogP contribution in [0.3, 0.4) is 0 Å². The molecule has 0 unspecified atom stereocenters. The summed E-state index contributed by atoms with van der Waals surface area (Å²) in [7, 11) is -1.01. The molecule has 0 heterocycles. The van der Waals surface area contributed by atoms with Crippen LogP contribution in [0.25, 0.3) is 0 Å². The number of hydrogen-bond acceptors (Lipinski definition) is 6. The fourth-order valence-electron chi connectivity index (χ4n) is 4.31. The van der Waals surface area contributed by atoms with Crippen LogP contribution in [-0.2, 0) is 32.6 Å². The summed E-state index contributed by atoms with van der Waals surface area (Å²) in [6, 6.07) is 19.8.